The summed E-state index contributed by atoms with van der Waals surface area (Å²) in [5.41, 5.74) is 1.17. The minimum Gasteiger partial charge on any atom is -0.411 e. The van der Waals surface area contributed by atoms with E-state index in [1.54, 1.807) is 0 Å². The summed E-state index contributed by atoms with van der Waals surface area (Å²) in [5.74, 6) is 0. The standard InChI is InChI=1S/C11H13ClN2S2.Na/c12-9-2-1-3-10(8-9)13-4-6-14(7-5-13)11(15)16;/h1-3,8H,4-7H2,(H,15,16);/q;+1/p-1. The molecule has 1 fully saturated rings. The molecule has 1 aliphatic rings. The molecule has 0 aromatic heterocycles. The molecule has 0 N–H and O–H groups in total. The Balaban J connectivity index is 0.00000144. The van der Waals surface area contributed by atoms with Crippen LogP contribution in [0.3, 0.4) is 0 Å². The first kappa shape index (κ1) is 15.5. The average molecular weight is 295 g/mol. The minimum absolute atomic E-state index is 0. The van der Waals surface area contributed by atoms with E-state index in [2.05, 4.69) is 15.9 Å². The normalized spacial score (nSPS) is 15.4. The molecule has 6 heteroatoms. The summed E-state index contributed by atoms with van der Waals surface area (Å²) in [6.07, 6.45) is 0. The van der Waals surface area contributed by atoms with Gasteiger partial charge in [0.25, 0.3) is 0 Å². The van der Waals surface area contributed by atoms with E-state index >= 15 is 0 Å². The SMILES string of the molecule is S=C([S-])N1CCN(c2cccc(Cl)c2)CC1.[Na+]. The number of benzene rings is 1. The fourth-order valence-corrected chi connectivity index (χ4v) is 2.37. The molecule has 2 rings (SSSR count). The average Bonchev–Trinajstić information content (AvgIpc) is 2.29. The first-order chi connectivity index (χ1) is 7.66. The molecule has 0 spiro atoms. The quantitative estimate of drug-likeness (QED) is 0.384. The van der Waals surface area contributed by atoms with E-state index in [1.165, 1.54) is 5.69 Å². The topological polar surface area (TPSA) is 6.48 Å². The number of piperazine rings is 1. The first-order valence-corrected chi connectivity index (χ1v) is 6.33. The fourth-order valence-electron chi connectivity index (χ4n) is 1.82. The van der Waals surface area contributed by atoms with Crippen LogP contribution in [0.4, 0.5) is 5.69 Å². The number of rotatable bonds is 1. The molecule has 0 bridgehead atoms. The summed E-state index contributed by atoms with van der Waals surface area (Å²) < 4.78 is 0.575. The van der Waals surface area contributed by atoms with E-state index in [-0.39, 0.29) is 29.6 Å². The Morgan fingerprint density at radius 1 is 1.24 bits per heavy atom. The number of anilines is 1. The molecule has 0 radical (unpaired) electrons. The van der Waals surface area contributed by atoms with Gasteiger partial charge in [-0.3, -0.25) is 0 Å². The third kappa shape index (κ3) is 4.23. The van der Waals surface area contributed by atoms with Crippen LogP contribution in [0, 0.1) is 0 Å². The van der Waals surface area contributed by atoms with Crippen molar-refractivity contribution >= 4 is 46.5 Å². The summed E-state index contributed by atoms with van der Waals surface area (Å²) >= 11 is 16.0. The molecule has 1 aromatic carbocycles. The van der Waals surface area contributed by atoms with Gasteiger partial charge in [0, 0.05) is 36.9 Å². The van der Waals surface area contributed by atoms with Crippen LogP contribution in [0.5, 0.6) is 0 Å². The van der Waals surface area contributed by atoms with E-state index in [9.17, 15) is 0 Å². The van der Waals surface area contributed by atoms with Crippen molar-refractivity contribution in [2.75, 3.05) is 31.1 Å². The van der Waals surface area contributed by atoms with Crippen molar-refractivity contribution < 1.29 is 29.6 Å². The number of hydrogen-bond acceptors (Lipinski definition) is 3. The second-order valence-electron chi connectivity index (χ2n) is 3.72. The summed E-state index contributed by atoms with van der Waals surface area (Å²) in [5, 5.41) is 0.777. The van der Waals surface area contributed by atoms with Crippen molar-refractivity contribution in [3.63, 3.8) is 0 Å². The Morgan fingerprint density at radius 2 is 1.88 bits per heavy atom. The molecule has 0 saturated carbocycles. The second kappa shape index (κ2) is 7.12. The van der Waals surface area contributed by atoms with Crippen molar-refractivity contribution in [3.8, 4) is 0 Å². The Hall–Kier alpha value is 0.420. The zero-order valence-electron chi connectivity index (χ0n) is 9.73. The van der Waals surface area contributed by atoms with Gasteiger partial charge in [-0.25, -0.2) is 0 Å². The largest absolute Gasteiger partial charge is 1.00 e. The van der Waals surface area contributed by atoms with Crippen LogP contribution in [0.2, 0.25) is 5.02 Å². The van der Waals surface area contributed by atoms with Crippen LogP contribution in [0.25, 0.3) is 0 Å². The summed E-state index contributed by atoms with van der Waals surface area (Å²) in [6, 6.07) is 7.93. The van der Waals surface area contributed by atoms with E-state index in [0.717, 1.165) is 31.2 Å². The minimum atomic E-state index is 0. The molecule has 1 heterocycles. The van der Waals surface area contributed by atoms with Gasteiger partial charge in [0.1, 0.15) is 0 Å². The molecule has 1 aliphatic heterocycles. The predicted octanol–water partition coefficient (Wildman–Crippen LogP) is -0.702. The molecule has 0 unspecified atom stereocenters. The Kier molecular flexibility index (Phi) is 6.48. The van der Waals surface area contributed by atoms with E-state index in [4.69, 9.17) is 36.4 Å². The van der Waals surface area contributed by atoms with Gasteiger partial charge in [-0.05, 0) is 18.2 Å². The number of hydrogen-bond donors (Lipinski definition) is 0. The van der Waals surface area contributed by atoms with Gasteiger partial charge in [-0.2, -0.15) is 0 Å². The second-order valence-corrected chi connectivity index (χ2v) is 5.19. The zero-order valence-corrected chi connectivity index (χ0v) is 14.1. The summed E-state index contributed by atoms with van der Waals surface area (Å²) in [6.45, 7) is 3.68. The van der Waals surface area contributed by atoms with Gasteiger partial charge >= 0.3 is 29.6 Å². The van der Waals surface area contributed by atoms with Gasteiger partial charge < -0.3 is 34.6 Å². The van der Waals surface area contributed by atoms with Crippen LogP contribution >= 0.6 is 23.8 Å². The van der Waals surface area contributed by atoms with Crippen molar-refractivity contribution in [3.05, 3.63) is 29.3 Å². The maximum absolute atomic E-state index is 5.97. The predicted molar refractivity (Wildman–Crippen MR) is 75.2 cm³/mol. The van der Waals surface area contributed by atoms with Crippen LogP contribution in [0.15, 0.2) is 24.3 Å². The third-order valence-corrected chi connectivity index (χ3v) is 3.46. The molecular formula is C11H12ClN2NaS2. The maximum atomic E-state index is 5.97. The molecule has 2 nitrogen and oxygen atoms in total. The van der Waals surface area contributed by atoms with Gasteiger partial charge in [-0.15, -0.1) is 0 Å². The molecule has 17 heavy (non-hydrogen) atoms. The van der Waals surface area contributed by atoms with Crippen LogP contribution in [-0.4, -0.2) is 35.4 Å². The van der Waals surface area contributed by atoms with Gasteiger partial charge in [0.15, 0.2) is 0 Å². The Morgan fingerprint density at radius 3 is 2.41 bits per heavy atom. The number of halogens is 1. The van der Waals surface area contributed by atoms with Gasteiger partial charge in [-0.1, -0.05) is 22.0 Å². The van der Waals surface area contributed by atoms with Crippen molar-refractivity contribution in [2.45, 2.75) is 0 Å². The van der Waals surface area contributed by atoms with Crippen molar-refractivity contribution in [1.29, 1.82) is 0 Å². The molecule has 0 atom stereocenters. The van der Waals surface area contributed by atoms with Gasteiger partial charge in [0.05, 0.1) is 0 Å². The third-order valence-electron chi connectivity index (χ3n) is 2.71. The number of nitrogens with zero attached hydrogens (tertiary/aromatic N) is 2. The maximum Gasteiger partial charge on any atom is 1.00 e. The molecule has 0 aliphatic carbocycles. The Labute approximate surface area is 140 Å². The van der Waals surface area contributed by atoms with E-state index < -0.39 is 0 Å². The summed E-state index contributed by atoms with van der Waals surface area (Å²) in [4.78, 5) is 4.36. The van der Waals surface area contributed by atoms with Crippen molar-refractivity contribution in [1.82, 2.24) is 4.90 Å². The smallest absolute Gasteiger partial charge is 0.411 e. The van der Waals surface area contributed by atoms with Crippen LogP contribution in [0.1, 0.15) is 0 Å². The molecule has 1 saturated heterocycles. The molecular weight excluding hydrogens is 283 g/mol. The Bertz CT molecular complexity index is 395. The molecule has 1 aromatic rings. The first-order valence-electron chi connectivity index (χ1n) is 5.13. The number of thiocarbonyl (C=S) groups is 1. The molecule has 0 amide bonds. The van der Waals surface area contributed by atoms with Crippen LogP contribution in [-0.2, 0) is 12.6 Å². The van der Waals surface area contributed by atoms with E-state index in [1.807, 2.05) is 18.2 Å². The van der Waals surface area contributed by atoms with Crippen LogP contribution < -0.4 is 34.5 Å². The van der Waals surface area contributed by atoms with Crippen molar-refractivity contribution in [2.24, 2.45) is 0 Å². The van der Waals surface area contributed by atoms with E-state index in [0.29, 0.717) is 4.32 Å². The monoisotopic (exact) mass is 294 g/mol. The molecule has 86 valence electrons. The van der Waals surface area contributed by atoms with Gasteiger partial charge in [0.2, 0.25) is 0 Å². The zero-order chi connectivity index (χ0) is 11.5. The fraction of sp³-hybridized carbons (Fsp3) is 0.364. The summed E-state index contributed by atoms with van der Waals surface area (Å²) in [7, 11) is 0.